The Kier molecular flexibility index (Phi) is 7.25. The highest BCUT2D eigenvalue weighted by Crippen LogP contribution is 2.45. The number of ether oxygens (including phenoxy) is 3. The number of halogens is 2. The van der Waals surface area contributed by atoms with Crippen LogP contribution in [0.3, 0.4) is 0 Å². The van der Waals surface area contributed by atoms with E-state index in [4.69, 9.17) is 30.8 Å². The zero-order valence-corrected chi connectivity index (χ0v) is 23.7. The van der Waals surface area contributed by atoms with E-state index < -0.39 is 17.9 Å². The maximum atomic E-state index is 14.7. The van der Waals surface area contributed by atoms with E-state index in [-0.39, 0.29) is 24.2 Å². The molecule has 0 saturated carbocycles. The predicted molar refractivity (Wildman–Crippen MR) is 155 cm³/mol. The first-order valence-electron chi connectivity index (χ1n) is 14.4. The largest absolute Gasteiger partial charge is 0.485 e. The summed E-state index contributed by atoms with van der Waals surface area (Å²) in [5, 5.41) is 9.87. The smallest absolute Gasteiger partial charge is 0.335 e. The molecule has 4 heterocycles. The molecule has 0 bridgehead atoms. The summed E-state index contributed by atoms with van der Waals surface area (Å²) in [6, 6.07) is 15.7. The van der Waals surface area contributed by atoms with Gasteiger partial charge in [0.15, 0.2) is 17.6 Å². The molecule has 2 atom stereocenters. The standard InChI is InChI=1S/C32H31ClFN3O5/c33-21-5-6-24(25(34)15-21)29-18-41-28-3-1-2-23(31(28)42-29)19-8-11-36(12-9-19)17-30-35-26-7-4-20(32(38)39)14-27(26)37(30)16-22-10-13-40-22/h1-7,14-15,19,22,29H,8-13,16-18H2,(H,38,39)/t22-,29?/m0/s1. The fourth-order valence-electron chi connectivity index (χ4n) is 6.22. The second-order valence-electron chi connectivity index (χ2n) is 11.2. The Labute approximate surface area is 247 Å². The highest BCUT2D eigenvalue weighted by atomic mass is 35.5. The van der Waals surface area contributed by atoms with Crippen molar-refractivity contribution in [3.63, 3.8) is 0 Å². The van der Waals surface area contributed by atoms with E-state index in [2.05, 4.69) is 15.5 Å². The first-order valence-corrected chi connectivity index (χ1v) is 14.7. The number of aromatic nitrogens is 2. The minimum atomic E-state index is -0.949. The summed E-state index contributed by atoms with van der Waals surface area (Å²) in [7, 11) is 0. The number of aromatic carboxylic acids is 1. The minimum Gasteiger partial charge on any atom is -0.485 e. The molecular formula is C32H31ClFN3O5. The van der Waals surface area contributed by atoms with Crippen molar-refractivity contribution in [2.45, 2.75) is 50.5 Å². The number of carbonyl (C=O) groups is 1. The number of imidazole rings is 1. The summed E-state index contributed by atoms with van der Waals surface area (Å²) in [4.78, 5) is 18.9. The van der Waals surface area contributed by atoms with E-state index in [0.29, 0.717) is 35.2 Å². The van der Waals surface area contributed by atoms with Gasteiger partial charge in [0.25, 0.3) is 0 Å². The van der Waals surface area contributed by atoms with E-state index in [0.717, 1.165) is 61.4 Å². The van der Waals surface area contributed by atoms with Gasteiger partial charge in [0.05, 0.1) is 35.8 Å². The number of nitrogens with zero attached hydrogens (tertiary/aromatic N) is 3. The van der Waals surface area contributed by atoms with Crippen molar-refractivity contribution >= 4 is 28.6 Å². The van der Waals surface area contributed by atoms with Crippen LogP contribution in [0.15, 0.2) is 54.6 Å². The van der Waals surface area contributed by atoms with Crippen LogP contribution in [0.4, 0.5) is 4.39 Å². The lowest BCUT2D eigenvalue weighted by Crippen LogP contribution is -2.35. The van der Waals surface area contributed by atoms with Crippen molar-refractivity contribution in [2.75, 3.05) is 26.3 Å². The number of rotatable bonds is 7. The summed E-state index contributed by atoms with van der Waals surface area (Å²) < 4.78 is 34.9. The zero-order chi connectivity index (χ0) is 28.8. The van der Waals surface area contributed by atoms with Gasteiger partial charge < -0.3 is 23.9 Å². The summed E-state index contributed by atoms with van der Waals surface area (Å²) in [6.07, 6.45) is 2.41. The molecule has 8 nitrogen and oxygen atoms in total. The summed E-state index contributed by atoms with van der Waals surface area (Å²) >= 11 is 5.96. The first kappa shape index (κ1) is 27.2. The molecule has 1 aromatic heterocycles. The molecule has 0 spiro atoms. The van der Waals surface area contributed by atoms with Gasteiger partial charge in [-0.05, 0) is 74.7 Å². The lowest BCUT2D eigenvalue weighted by Gasteiger charge is -2.35. The maximum absolute atomic E-state index is 14.7. The van der Waals surface area contributed by atoms with Crippen molar-refractivity contribution < 1.29 is 28.5 Å². The van der Waals surface area contributed by atoms with Gasteiger partial charge in [0.2, 0.25) is 0 Å². The molecule has 42 heavy (non-hydrogen) atoms. The zero-order valence-electron chi connectivity index (χ0n) is 23.0. The molecule has 1 N–H and O–H groups in total. The number of carboxylic acid groups (broad SMARTS) is 1. The van der Waals surface area contributed by atoms with Gasteiger partial charge in [-0.3, -0.25) is 4.90 Å². The number of para-hydroxylation sites is 1. The number of likely N-dealkylation sites (tertiary alicyclic amines) is 1. The van der Waals surface area contributed by atoms with E-state index in [1.807, 2.05) is 12.1 Å². The monoisotopic (exact) mass is 591 g/mol. The fraction of sp³-hybridized carbons (Fsp3) is 0.375. The molecule has 2 saturated heterocycles. The molecule has 0 amide bonds. The van der Waals surface area contributed by atoms with Gasteiger partial charge in [0.1, 0.15) is 18.2 Å². The molecule has 3 aliphatic rings. The Balaban J connectivity index is 1.07. The molecule has 2 fully saturated rings. The van der Waals surface area contributed by atoms with Gasteiger partial charge in [-0.15, -0.1) is 0 Å². The normalized spacial score (nSPS) is 20.9. The van der Waals surface area contributed by atoms with Crippen molar-refractivity contribution in [1.82, 2.24) is 14.5 Å². The van der Waals surface area contributed by atoms with Crippen LogP contribution in [0.25, 0.3) is 11.0 Å². The van der Waals surface area contributed by atoms with Crippen LogP contribution in [0, 0.1) is 5.82 Å². The molecular weight excluding hydrogens is 561 g/mol. The van der Waals surface area contributed by atoms with Crippen LogP contribution in [-0.2, 0) is 17.8 Å². The Morgan fingerprint density at radius 2 is 1.90 bits per heavy atom. The molecule has 3 aromatic carbocycles. The summed E-state index contributed by atoms with van der Waals surface area (Å²) in [6.45, 7) is 4.05. The molecule has 7 rings (SSSR count). The van der Waals surface area contributed by atoms with Gasteiger partial charge in [0, 0.05) is 22.8 Å². The van der Waals surface area contributed by atoms with Crippen molar-refractivity contribution in [1.29, 1.82) is 0 Å². The molecule has 4 aromatic rings. The predicted octanol–water partition coefficient (Wildman–Crippen LogP) is 6.21. The Hall–Kier alpha value is -3.66. The second-order valence-corrected chi connectivity index (χ2v) is 11.7. The lowest BCUT2D eigenvalue weighted by atomic mass is 9.88. The van der Waals surface area contributed by atoms with Gasteiger partial charge in [-0.2, -0.15) is 0 Å². The quantitative estimate of drug-likeness (QED) is 0.273. The summed E-state index contributed by atoms with van der Waals surface area (Å²) in [5.74, 6) is 1.22. The highest BCUT2D eigenvalue weighted by molar-refractivity contribution is 6.30. The first-order chi connectivity index (χ1) is 20.4. The molecule has 0 aliphatic carbocycles. The third-order valence-corrected chi connectivity index (χ3v) is 8.85. The SMILES string of the molecule is O=C(O)c1ccc2nc(CN3CCC(c4cccc5c4OC(c4ccc(Cl)cc4F)CO5)CC3)n(C[C@@H]3CCO3)c2c1. The van der Waals surface area contributed by atoms with Crippen LogP contribution in [-0.4, -0.2) is 57.9 Å². The topological polar surface area (TPSA) is 86.0 Å². The van der Waals surface area contributed by atoms with Crippen LogP contribution >= 0.6 is 11.6 Å². The fourth-order valence-corrected chi connectivity index (χ4v) is 6.37. The number of carboxylic acids is 1. The number of piperidine rings is 1. The van der Waals surface area contributed by atoms with Gasteiger partial charge >= 0.3 is 5.97 Å². The van der Waals surface area contributed by atoms with Crippen LogP contribution in [0.2, 0.25) is 5.02 Å². The maximum Gasteiger partial charge on any atom is 0.335 e. The van der Waals surface area contributed by atoms with Crippen molar-refractivity contribution in [3.05, 3.63) is 88.0 Å². The van der Waals surface area contributed by atoms with E-state index >= 15 is 0 Å². The van der Waals surface area contributed by atoms with Crippen molar-refractivity contribution in [3.8, 4) is 11.5 Å². The van der Waals surface area contributed by atoms with E-state index in [1.165, 1.54) is 6.07 Å². The van der Waals surface area contributed by atoms with E-state index in [9.17, 15) is 14.3 Å². The molecule has 3 aliphatic heterocycles. The van der Waals surface area contributed by atoms with Gasteiger partial charge in [-0.1, -0.05) is 29.8 Å². The van der Waals surface area contributed by atoms with Crippen LogP contribution in [0.5, 0.6) is 11.5 Å². The van der Waals surface area contributed by atoms with Crippen molar-refractivity contribution in [2.24, 2.45) is 0 Å². The van der Waals surface area contributed by atoms with Crippen LogP contribution in [0.1, 0.15) is 58.6 Å². The Bertz CT molecular complexity index is 1650. The molecule has 1 unspecified atom stereocenters. The second kappa shape index (κ2) is 11.2. The van der Waals surface area contributed by atoms with E-state index in [1.54, 1.807) is 30.3 Å². The third kappa shape index (κ3) is 5.21. The Morgan fingerprint density at radius 3 is 2.64 bits per heavy atom. The lowest BCUT2D eigenvalue weighted by molar-refractivity contribution is -0.0592. The number of fused-ring (bicyclic) bond motifs is 2. The number of hydrogen-bond acceptors (Lipinski definition) is 6. The molecule has 218 valence electrons. The average molecular weight is 592 g/mol. The number of benzene rings is 3. The number of hydrogen-bond donors (Lipinski definition) is 1. The summed E-state index contributed by atoms with van der Waals surface area (Å²) in [5.41, 5.74) is 3.39. The highest BCUT2D eigenvalue weighted by Gasteiger charge is 2.31. The average Bonchev–Trinajstić information content (AvgIpc) is 3.30. The molecule has 10 heteroatoms. The minimum absolute atomic E-state index is 0.122. The third-order valence-electron chi connectivity index (χ3n) is 8.62. The van der Waals surface area contributed by atoms with Crippen LogP contribution < -0.4 is 9.47 Å². The van der Waals surface area contributed by atoms with Gasteiger partial charge in [-0.25, -0.2) is 14.2 Å². The Morgan fingerprint density at radius 1 is 1.07 bits per heavy atom. The molecule has 0 radical (unpaired) electrons.